The zero-order valence-corrected chi connectivity index (χ0v) is 13.9. The van der Waals surface area contributed by atoms with Gasteiger partial charge in [0.2, 0.25) is 15.9 Å². The van der Waals surface area contributed by atoms with Crippen molar-refractivity contribution in [2.75, 3.05) is 22.4 Å². The third-order valence-corrected chi connectivity index (χ3v) is 4.32. The highest BCUT2D eigenvalue weighted by Gasteiger charge is 2.22. The van der Waals surface area contributed by atoms with Crippen molar-refractivity contribution in [2.45, 2.75) is 6.92 Å². The van der Waals surface area contributed by atoms with E-state index in [4.69, 9.17) is 0 Å². The topological polar surface area (TPSA) is 66.5 Å². The summed E-state index contributed by atoms with van der Waals surface area (Å²) in [4.78, 5) is 12.1. The van der Waals surface area contributed by atoms with Gasteiger partial charge in [-0.05, 0) is 36.8 Å². The summed E-state index contributed by atoms with van der Waals surface area (Å²) in [6, 6.07) is 9.61. The molecule has 0 bridgehead atoms. The normalized spacial score (nSPS) is 11.2. The standard InChI is InChI=1S/C16H16F2N2O3S/c1-11-4-3-5-12(8-11)19-16(21)10-20(24(2,22)23)13-6-7-14(17)15(18)9-13/h3-9H,10H2,1-2H3,(H,19,21). The van der Waals surface area contributed by atoms with Gasteiger partial charge in [0.25, 0.3) is 0 Å². The van der Waals surface area contributed by atoms with Gasteiger partial charge in [-0.25, -0.2) is 17.2 Å². The Balaban J connectivity index is 2.23. The third kappa shape index (κ3) is 4.51. The van der Waals surface area contributed by atoms with Gasteiger partial charge in [0.1, 0.15) is 6.54 Å². The van der Waals surface area contributed by atoms with Crippen LogP contribution in [0.5, 0.6) is 0 Å². The summed E-state index contributed by atoms with van der Waals surface area (Å²) in [5, 5.41) is 2.57. The number of amides is 1. The van der Waals surface area contributed by atoms with E-state index in [-0.39, 0.29) is 5.69 Å². The van der Waals surface area contributed by atoms with Crippen molar-refractivity contribution in [1.29, 1.82) is 0 Å². The van der Waals surface area contributed by atoms with E-state index in [0.717, 1.165) is 30.0 Å². The second-order valence-corrected chi connectivity index (χ2v) is 7.19. The maximum absolute atomic E-state index is 13.4. The third-order valence-electron chi connectivity index (χ3n) is 3.18. The lowest BCUT2D eigenvalue weighted by atomic mass is 10.2. The first-order valence-electron chi connectivity index (χ1n) is 6.96. The molecule has 1 N–H and O–H groups in total. The summed E-state index contributed by atoms with van der Waals surface area (Å²) in [5.74, 6) is -2.90. The molecule has 8 heteroatoms. The van der Waals surface area contributed by atoms with Crippen molar-refractivity contribution in [1.82, 2.24) is 0 Å². The van der Waals surface area contributed by atoms with Crippen LogP contribution in [-0.4, -0.2) is 27.1 Å². The van der Waals surface area contributed by atoms with E-state index in [2.05, 4.69) is 5.32 Å². The van der Waals surface area contributed by atoms with Crippen molar-refractivity contribution in [3.05, 3.63) is 59.7 Å². The van der Waals surface area contributed by atoms with Crippen molar-refractivity contribution in [3.8, 4) is 0 Å². The smallest absolute Gasteiger partial charge is 0.245 e. The van der Waals surface area contributed by atoms with E-state index in [9.17, 15) is 22.0 Å². The Labute approximate surface area is 139 Å². The highest BCUT2D eigenvalue weighted by atomic mass is 32.2. The molecule has 2 rings (SSSR count). The van der Waals surface area contributed by atoms with Crippen LogP contribution in [0.4, 0.5) is 20.2 Å². The van der Waals surface area contributed by atoms with Crippen LogP contribution in [0.25, 0.3) is 0 Å². The number of sulfonamides is 1. The fourth-order valence-electron chi connectivity index (χ4n) is 2.09. The molecule has 0 aliphatic carbocycles. The zero-order chi connectivity index (χ0) is 17.9. The number of anilines is 2. The first-order chi connectivity index (χ1) is 11.2. The summed E-state index contributed by atoms with van der Waals surface area (Å²) < 4.78 is 50.9. The molecule has 0 heterocycles. The molecule has 1 amide bonds. The maximum atomic E-state index is 13.4. The molecule has 24 heavy (non-hydrogen) atoms. The van der Waals surface area contributed by atoms with Crippen LogP contribution >= 0.6 is 0 Å². The molecule has 0 spiro atoms. The molecule has 128 valence electrons. The Kier molecular flexibility index (Phi) is 5.18. The number of rotatable bonds is 5. The highest BCUT2D eigenvalue weighted by Crippen LogP contribution is 2.20. The summed E-state index contributed by atoms with van der Waals surface area (Å²) in [6.45, 7) is 1.29. The van der Waals surface area contributed by atoms with Crippen molar-refractivity contribution in [3.63, 3.8) is 0 Å². The zero-order valence-electron chi connectivity index (χ0n) is 13.1. The molecule has 5 nitrogen and oxygen atoms in total. The average Bonchev–Trinajstić information content (AvgIpc) is 2.47. The minimum atomic E-state index is -3.86. The number of hydrogen-bond acceptors (Lipinski definition) is 3. The number of nitrogens with zero attached hydrogens (tertiary/aromatic N) is 1. The number of carbonyl (C=O) groups is 1. The van der Waals surface area contributed by atoms with Gasteiger partial charge in [-0.1, -0.05) is 12.1 Å². The summed E-state index contributed by atoms with van der Waals surface area (Å²) in [5.41, 5.74) is 1.31. The van der Waals surface area contributed by atoms with Crippen molar-refractivity contribution >= 4 is 27.3 Å². The molecule has 2 aromatic carbocycles. The minimum Gasteiger partial charge on any atom is -0.325 e. The molecule has 0 aliphatic rings. The van der Waals surface area contributed by atoms with E-state index in [1.165, 1.54) is 0 Å². The second-order valence-electron chi connectivity index (χ2n) is 5.29. The van der Waals surface area contributed by atoms with Gasteiger partial charge in [-0.2, -0.15) is 0 Å². The summed E-state index contributed by atoms with van der Waals surface area (Å²) >= 11 is 0. The van der Waals surface area contributed by atoms with E-state index >= 15 is 0 Å². The number of aryl methyl sites for hydroxylation is 1. The Morgan fingerprint density at radius 1 is 1.12 bits per heavy atom. The maximum Gasteiger partial charge on any atom is 0.245 e. The van der Waals surface area contributed by atoms with Crippen LogP contribution < -0.4 is 9.62 Å². The van der Waals surface area contributed by atoms with E-state index in [1.807, 2.05) is 13.0 Å². The average molecular weight is 354 g/mol. The Bertz CT molecular complexity index is 869. The van der Waals surface area contributed by atoms with Crippen LogP contribution in [0.1, 0.15) is 5.56 Å². The van der Waals surface area contributed by atoms with Gasteiger partial charge in [0.05, 0.1) is 11.9 Å². The number of nitrogens with one attached hydrogen (secondary N) is 1. The van der Waals surface area contributed by atoms with E-state index in [0.29, 0.717) is 9.99 Å². The number of halogens is 2. The lowest BCUT2D eigenvalue weighted by Gasteiger charge is -2.22. The predicted molar refractivity (Wildman–Crippen MR) is 88.4 cm³/mol. The second kappa shape index (κ2) is 6.96. The van der Waals surface area contributed by atoms with Gasteiger partial charge < -0.3 is 5.32 Å². The molecule has 0 saturated heterocycles. The van der Waals surface area contributed by atoms with Crippen molar-refractivity contribution in [2.24, 2.45) is 0 Å². The fraction of sp³-hybridized carbons (Fsp3) is 0.188. The van der Waals surface area contributed by atoms with E-state index < -0.39 is 34.1 Å². The highest BCUT2D eigenvalue weighted by molar-refractivity contribution is 7.92. The molecule has 0 fully saturated rings. The molecular weight excluding hydrogens is 338 g/mol. The van der Waals surface area contributed by atoms with Gasteiger partial charge in [0.15, 0.2) is 11.6 Å². The number of benzene rings is 2. The quantitative estimate of drug-likeness (QED) is 0.898. The summed E-state index contributed by atoms with van der Waals surface area (Å²) in [6.07, 6.45) is 0.883. The predicted octanol–water partition coefficient (Wildman–Crippen LogP) is 2.68. The molecule has 0 saturated carbocycles. The van der Waals surface area contributed by atoms with Crippen LogP contribution in [0.2, 0.25) is 0 Å². The van der Waals surface area contributed by atoms with Crippen LogP contribution in [-0.2, 0) is 14.8 Å². The lowest BCUT2D eigenvalue weighted by molar-refractivity contribution is -0.114. The molecule has 0 aromatic heterocycles. The van der Waals surface area contributed by atoms with E-state index in [1.54, 1.807) is 18.2 Å². The largest absolute Gasteiger partial charge is 0.325 e. The first kappa shape index (κ1) is 17.9. The summed E-state index contributed by atoms with van der Waals surface area (Å²) in [7, 11) is -3.86. The van der Waals surface area contributed by atoms with Gasteiger partial charge in [-0.3, -0.25) is 9.10 Å². The molecule has 0 atom stereocenters. The SMILES string of the molecule is Cc1cccc(NC(=O)CN(c2ccc(F)c(F)c2)S(C)(=O)=O)c1. The number of carbonyl (C=O) groups excluding carboxylic acids is 1. The minimum absolute atomic E-state index is 0.129. The Morgan fingerprint density at radius 3 is 2.42 bits per heavy atom. The van der Waals surface area contributed by atoms with Crippen LogP contribution in [0.3, 0.4) is 0 Å². The molecule has 2 aromatic rings. The molecule has 0 aliphatic heterocycles. The monoisotopic (exact) mass is 354 g/mol. The molecular formula is C16H16F2N2O3S. The van der Waals surface area contributed by atoms with Gasteiger partial charge >= 0.3 is 0 Å². The molecule has 0 radical (unpaired) electrons. The van der Waals surface area contributed by atoms with Gasteiger partial charge in [-0.15, -0.1) is 0 Å². The lowest BCUT2D eigenvalue weighted by Crippen LogP contribution is -2.37. The number of hydrogen-bond donors (Lipinski definition) is 1. The van der Waals surface area contributed by atoms with Crippen LogP contribution in [0, 0.1) is 18.6 Å². The molecule has 0 unspecified atom stereocenters. The Hall–Kier alpha value is -2.48. The van der Waals surface area contributed by atoms with Gasteiger partial charge in [0, 0.05) is 11.8 Å². The fourth-order valence-corrected chi connectivity index (χ4v) is 2.94. The van der Waals surface area contributed by atoms with Crippen molar-refractivity contribution < 1.29 is 22.0 Å². The van der Waals surface area contributed by atoms with Crippen LogP contribution in [0.15, 0.2) is 42.5 Å². The Morgan fingerprint density at radius 2 is 1.83 bits per heavy atom. The first-order valence-corrected chi connectivity index (χ1v) is 8.81.